The molecule has 2 aliphatic carbocycles. The van der Waals surface area contributed by atoms with E-state index in [4.69, 9.17) is 9.47 Å². The Morgan fingerprint density at radius 2 is 0.808 bits per heavy atom. The van der Waals surface area contributed by atoms with Crippen LogP contribution >= 0.6 is 0 Å². The number of fused-ring (bicyclic) bond motifs is 14. The molecule has 12 rings (SSSR count). The second-order valence-electron chi connectivity index (χ2n) is 14.0. The third-order valence-corrected chi connectivity index (χ3v) is 11.5. The molecule has 0 radical (unpaired) electrons. The molecule has 2 aliphatic heterocycles. The summed E-state index contributed by atoms with van der Waals surface area (Å²) in [5.41, 5.74) is 17.8. The van der Waals surface area contributed by atoms with Crippen LogP contribution in [0.15, 0.2) is 176 Å². The zero-order valence-corrected chi connectivity index (χ0v) is 28.0. The molecule has 0 fully saturated rings. The van der Waals surface area contributed by atoms with E-state index in [1.54, 1.807) is 0 Å². The van der Waals surface area contributed by atoms with E-state index in [0.29, 0.717) is 0 Å². The number of nitrogens with zero attached hydrogens (tertiary/aromatic N) is 1. The number of rotatable bonds is 2. The number of para-hydroxylation sites is 4. The van der Waals surface area contributed by atoms with Crippen LogP contribution in [-0.2, 0) is 5.41 Å². The Bertz CT molecular complexity index is 2700. The van der Waals surface area contributed by atoms with Crippen LogP contribution < -0.4 is 14.4 Å². The van der Waals surface area contributed by atoms with Crippen molar-refractivity contribution in [1.29, 1.82) is 0 Å². The van der Waals surface area contributed by atoms with Crippen LogP contribution in [-0.4, -0.2) is 0 Å². The van der Waals surface area contributed by atoms with Crippen molar-refractivity contribution in [2.75, 3.05) is 4.90 Å². The van der Waals surface area contributed by atoms with E-state index in [9.17, 15) is 0 Å². The zero-order chi connectivity index (χ0) is 34.0. The second-order valence-corrected chi connectivity index (χ2v) is 14.0. The van der Waals surface area contributed by atoms with Crippen LogP contribution in [0.2, 0.25) is 0 Å². The molecule has 8 aromatic rings. The summed E-state index contributed by atoms with van der Waals surface area (Å²) in [4.78, 5) is 2.26. The smallest absolute Gasteiger partial charge is 0.156 e. The van der Waals surface area contributed by atoms with Gasteiger partial charge in [-0.3, -0.25) is 4.90 Å². The summed E-state index contributed by atoms with van der Waals surface area (Å²) in [6, 6.07) is 63.5. The summed E-state index contributed by atoms with van der Waals surface area (Å²) in [5, 5.41) is 0. The minimum atomic E-state index is -0.356. The first-order valence-corrected chi connectivity index (χ1v) is 17.8. The predicted molar refractivity (Wildman–Crippen MR) is 208 cm³/mol. The first-order valence-electron chi connectivity index (χ1n) is 17.8. The van der Waals surface area contributed by atoms with E-state index < -0.39 is 0 Å². The molecule has 8 aromatic carbocycles. The lowest BCUT2D eigenvalue weighted by Crippen LogP contribution is -2.25. The molecule has 0 saturated heterocycles. The highest BCUT2D eigenvalue weighted by Gasteiger charge is 2.52. The van der Waals surface area contributed by atoms with Gasteiger partial charge in [-0.2, -0.15) is 0 Å². The normalized spacial score (nSPS) is 14.2. The fourth-order valence-electron chi connectivity index (χ4n) is 9.42. The molecular formula is C49H29NO2. The molecule has 0 N–H and O–H groups in total. The van der Waals surface area contributed by atoms with Gasteiger partial charge in [0.1, 0.15) is 5.69 Å². The standard InChI is InChI=1S/C49H29NO2/c1-4-16-37-34(12-1)35-13-2-5-17-38(35)49(37)39-18-6-3-14-36(39)47-33(15-11-19-40(47)49)31-26-24-30(25-27-31)32-28-45-48-46(29-32)52-44-23-10-8-21-42(44)50(48)41-20-7-9-22-43(41)51-45/h1-29H. The Kier molecular flexibility index (Phi) is 5.43. The monoisotopic (exact) mass is 663 g/mol. The molecule has 3 heteroatoms. The quantitative estimate of drug-likeness (QED) is 0.184. The van der Waals surface area contributed by atoms with Gasteiger partial charge in [-0.05, 0) is 103 Å². The maximum absolute atomic E-state index is 6.55. The van der Waals surface area contributed by atoms with E-state index >= 15 is 0 Å². The molecule has 3 nitrogen and oxygen atoms in total. The third-order valence-electron chi connectivity index (χ3n) is 11.5. The van der Waals surface area contributed by atoms with Crippen LogP contribution in [0, 0.1) is 0 Å². The minimum absolute atomic E-state index is 0.356. The van der Waals surface area contributed by atoms with E-state index in [0.717, 1.165) is 51.2 Å². The second kappa shape index (κ2) is 10.1. The van der Waals surface area contributed by atoms with Crippen LogP contribution in [0.1, 0.15) is 22.3 Å². The molecule has 0 unspecified atom stereocenters. The molecule has 0 amide bonds. The van der Waals surface area contributed by atoms with E-state index in [1.807, 2.05) is 36.4 Å². The highest BCUT2D eigenvalue weighted by atomic mass is 16.5. The van der Waals surface area contributed by atoms with Crippen LogP contribution in [0.25, 0.3) is 44.5 Å². The fourth-order valence-corrected chi connectivity index (χ4v) is 9.42. The number of hydrogen-bond donors (Lipinski definition) is 0. The van der Waals surface area contributed by atoms with Crippen molar-refractivity contribution in [3.8, 4) is 67.5 Å². The lowest BCUT2D eigenvalue weighted by atomic mass is 9.70. The zero-order valence-electron chi connectivity index (χ0n) is 28.0. The molecule has 0 bridgehead atoms. The molecule has 4 aliphatic rings. The number of ether oxygens (including phenoxy) is 2. The third kappa shape index (κ3) is 3.49. The molecule has 0 saturated carbocycles. The van der Waals surface area contributed by atoms with Gasteiger partial charge in [0, 0.05) is 0 Å². The summed E-state index contributed by atoms with van der Waals surface area (Å²) in [7, 11) is 0. The maximum atomic E-state index is 6.55. The van der Waals surface area contributed by atoms with Crippen molar-refractivity contribution < 1.29 is 9.47 Å². The Morgan fingerprint density at radius 3 is 1.42 bits per heavy atom. The molecule has 2 heterocycles. The first kappa shape index (κ1) is 27.9. The van der Waals surface area contributed by atoms with Crippen LogP contribution in [0.3, 0.4) is 0 Å². The predicted octanol–water partition coefficient (Wildman–Crippen LogP) is 13.0. The summed E-state index contributed by atoms with van der Waals surface area (Å²) >= 11 is 0. The summed E-state index contributed by atoms with van der Waals surface area (Å²) in [6.45, 7) is 0. The fraction of sp³-hybridized carbons (Fsp3) is 0.0204. The Hall–Kier alpha value is -6.84. The van der Waals surface area contributed by atoms with Gasteiger partial charge in [0.25, 0.3) is 0 Å². The van der Waals surface area contributed by atoms with E-state index in [2.05, 4.69) is 144 Å². The van der Waals surface area contributed by atoms with Crippen LogP contribution in [0.5, 0.6) is 23.0 Å². The molecule has 1 spiro atoms. The minimum Gasteiger partial charge on any atom is -0.453 e. The average Bonchev–Trinajstić information content (AvgIpc) is 3.68. The van der Waals surface area contributed by atoms with Crippen LogP contribution in [0.4, 0.5) is 17.1 Å². The number of anilines is 3. The van der Waals surface area contributed by atoms with Crippen molar-refractivity contribution >= 4 is 17.1 Å². The van der Waals surface area contributed by atoms with Crippen molar-refractivity contribution in [3.63, 3.8) is 0 Å². The van der Waals surface area contributed by atoms with Gasteiger partial charge in [0.2, 0.25) is 0 Å². The van der Waals surface area contributed by atoms with Gasteiger partial charge < -0.3 is 9.47 Å². The Morgan fingerprint density at radius 1 is 0.346 bits per heavy atom. The Balaban J connectivity index is 1.00. The molecular weight excluding hydrogens is 635 g/mol. The Labute approximate surface area is 301 Å². The average molecular weight is 664 g/mol. The summed E-state index contributed by atoms with van der Waals surface area (Å²) < 4.78 is 13.1. The topological polar surface area (TPSA) is 21.7 Å². The van der Waals surface area contributed by atoms with Crippen molar-refractivity contribution in [3.05, 3.63) is 198 Å². The maximum Gasteiger partial charge on any atom is 0.156 e. The molecule has 0 aromatic heterocycles. The highest BCUT2D eigenvalue weighted by Crippen LogP contribution is 2.64. The lowest BCUT2D eigenvalue weighted by Gasteiger charge is -2.38. The van der Waals surface area contributed by atoms with Crippen molar-refractivity contribution in [1.82, 2.24) is 0 Å². The van der Waals surface area contributed by atoms with E-state index in [-0.39, 0.29) is 5.41 Å². The van der Waals surface area contributed by atoms with Gasteiger partial charge in [-0.15, -0.1) is 0 Å². The van der Waals surface area contributed by atoms with Crippen molar-refractivity contribution in [2.45, 2.75) is 5.41 Å². The summed E-state index contributed by atoms with van der Waals surface area (Å²) in [5.74, 6) is 3.22. The number of hydrogen-bond acceptors (Lipinski definition) is 3. The number of benzene rings is 8. The molecule has 242 valence electrons. The first-order chi connectivity index (χ1) is 25.8. The molecule has 52 heavy (non-hydrogen) atoms. The van der Waals surface area contributed by atoms with Gasteiger partial charge in [-0.25, -0.2) is 0 Å². The highest BCUT2D eigenvalue weighted by molar-refractivity contribution is 6.00. The van der Waals surface area contributed by atoms with Gasteiger partial charge in [0.05, 0.1) is 16.8 Å². The van der Waals surface area contributed by atoms with Crippen molar-refractivity contribution in [2.24, 2.45) is 0 Å². The van der Waals surface area contributed by atoms with E-state index in [1.165, 1.54) is 55.6 Å². The largest absolute Gasteiger partial charge is 0.453 e. The van der Waals surface area contributed by atoms with Gasteiger partial charge in [0.15, 0.2) is 23.0 Å². The SMILES string of the molecule is c1ccc2c(c1)Oc1cc(-c3ccc(-c4cccc5c4-c4ccccc4C54c5ccccc5-c5ccccc54)cc3)cc3c1N2c1ccccc1O3. The van der Waals surface area contributed by atoms with Gasteiger partial charge in [-0.1, -0.05) is 140 Å². The lowest BCUT2D eigenvalue weighted by molar-refractivity contribution is 0.446. The molecule has 0 atom stereocenters. The summed E-state index contributed by atoms with van der Waals surface area (Å²) in [6.07, 6.45) is 0. The van der Waals surface area contributed by atoms with Gasteiger partial charge >= 0.3 is 0 Å².